The van der Waals surface area contributed by atoms with Gasteiger partial charge in [-0.3, -0.25) is 14.5 Å². The van der Waals surface area contributed by atoms with Crippen molar-refractivity contribution in [3.05, 3.63) is 101 Å². The Bertz CT molecular complexity index is 1340. The van der Waals surface area contributed by atoms with Crippen molar-refractivity contribution in [2.75, 3.05) is 17.2 Å². The molecule has 1 saturated carbocycles. The average molecular weight is 545 g/mol. The van der Waals surface area contributed by atoms with Gasteiger partial charge in [-0.15, -0.1) is 0 Å². The van der Waals surface area contributed by atoms with Gasteiger partial charge in [0, 0.05) is 17.4 Å². The predicted octanol–water partition coefficient (Wildman–Crippen LogP) is 6.98. The average Bonchev–Trinajstić information content (AvgIpc) is 2.96. The Labute approximate surface area is 233 Å². The molecular formula is C32H33FN2O3S. The second-order valence-corrected chi connectivity index (χ2v) is 11.4. The van der Waals surface area contributed by atoms with Crippen molar-refractivity contribution in [3.63, 3.8) is 0 Å². The minimum Gasteiger partial charge on any atom is -0.449 e. The molecule has 0 aromatic heterocycles. The molecule has 39 heavy (non-hydrogen) atoms. The summed E-state index contributed by atoms with van der Waals surface area (Å²) in [6.45, 7) is 0.875. The number of ether oxygens (including phenoxy) is 1. The Morgan fingerprint density at radius 3 is 2.62 bits per heavy atom. The molecule has 2 aliphatic rings. The summed E-state index contributed by atoms with van der Waals surface area (Å²) in [6, 6.07) is 20.6. The van der Waals surface area contributed by atoms with Crippen molar-refractivity contribution >= 4 is 35.3 Å². The monoisotopic (exact) mass is 544 g/mol. The van der Waals surface area contributed by atoms with E-state index in [1.165, 1.54) is 44.2 Å². The molecule has 1 aliphatic heterocycles. The lowest BCUT2D eigenvalue weighted by Gasteiger charge is -2.30. The quantitative estimate of drug-likeness (QED) is 0.233. The highest BCUT2D eigenvalue weighted by atomic mass is 32.2. The zero-order valence-corrected chi connectivity index (χ0v) is 22.7. The van der Waals surface area contributed by atoms with E-state index < -0.39 is 0 Å². The standard InChI is InChI=1S/C32H33FN2O3S/c33-26-9-6-8-24(20-26)22-35-28-12-4-5-13-29(28)38-30(32(35)37)21-23-14-16-25(17-15-23)31(36)34-18-7-19-39-27-10-2-1-3-11-27/h4-6,8-9,12-17,20-21,27H,1-3,7,10-11,18-19,22H2,(H,34,36)/b30-21-. The molecule has 5 rings (SSSR count). The first-order chi connectivity index (χ1) is 19.1. The SMILES string of the molecule is O=C(NCCCSC1CCCCC1)c1ccc(/C=C2\Oc3ccccc3N(Cc3cccc(F)c3)C2=O)cc1. The van der Waals surface area contributed by atoms with Crippen molar-refractivity contribution in [1.82, 2.24) is 5.32 Å². The van der Waals surface area contributed by atoms with Crippen LogP contribution in [0.1, 0.15) is 60.0 Å². The number of hydrogen-bond donors (Lipinski definition) is 1. The van der Waals surface area contributed by atoms with Crippen molar-refractivity contribution in [3.8, 4) is 5.75 Å². The summed E-state index contributed by atoms with van der Waals surface area (Å²) in [7, 11) is 0. The number of halogens is 1. The van der Waals surface area contributed by atoms with Crippen LogP contribution in [0.25, 0.3) is 6.08 Å². The van der Waals surface area contributed by atoms with E-state index in [2.05, 4.69) is 5.32 Å². The maximum atomic E-state index is 13.8. The molecule has 0 atom stereocenters. The van der Waals surface area contributed by atoms with Gasteiger partial charge in [0.05, 0.1) is 12.2 Å². The maximum Gasteiger partial charge on any atom is 0.294 e. The van der Waals surface area contributed by atoms with Gasteiger partial charge in [0.2, 0.25) is 0 Å². The van der Waals surface area contributed by atoms with E-state index >= 15 is 0 Å². The van der Waals surface area contributed by atoms with Crippen LogP contribution in [0.4, 0.5) is 10.1 Å². The third-order valence-corrected chi connectivity index (χ3v) is 8.51. The molecular weight excluding hydrogens is 511 g/mol. The number of para-hydroxylation sites is 2. The Hall–Kier alpha value is -3.58. The van der Waals surface area contributed by atoms with Crippen LogP contribution in [0, 0.1) is 5.82 Å². The molecule has 1 heterocycles. The van der Waals surface area contributed by atoms with E-state index in [9.17, 15) is 14.0 Å². The van der Waals surface area contributed by atoms with Crippen LogP contribution in [-0.4, -0.2) is 29.4 Å². The van der Waals surface area contributed by atoms with Crippen LogP contribution in [0.2, 0.25) is 0 Å². The molecule has 0 saturated heterocycles. The van der Waals surface area contributed by atoms with Gasteiger partial charge in [-0.05, 0) is 78.6 Å². The molecule has 0 spiro atoms. The summed E-state index contributed by atoms with van der Waals surface area (Å²) in [5, 5.41) is 3.80. The number of benzene rings is 3. The number of rotatable bonds is 9. The number of thioether (sulfide) groups is 1. The lowest BCUT2D eigenvalue weighted by Crippen LogP contribution is -2.36. The topological polar surface area (TPSA) is 58.6 Å². The van der Waals surface area contributed by atoms with Crippen LogP contribution in [0.3, 0.4) is 0 Å². The molecule has 7 heteroatoms. The molecule has 3 aromatic rings. The number of hydrogen-bond acceptors (Lipinski definition) is 4. The largest absolute Gasteiger partial charge is 0.449 e. The fourth-order valence-electron chi connectivity index (χ4n) is 4.98. The predicted molar refractivity (Wildman–Crippen MR) is 155 cm³/mol. The molecule has 1 fully saturated rings. The van der Waals surface area contributed by atoms with E-state index in [0.29, 0.717) is 29.1 Å². The second kappa shape index (κ2) is 13.0. The molecule has 3 aromatic carbocycles. The van der Waals surface area contributed by atoms with Gasteiger partial charge >= 0.3 is 0 Å². The van der Waals surface area contributed by atoms with Crippen LogP contribution in [0.15, 0.2) is 78.6 Å². The molecule has 1 N–H and O–H groups in total. The van der Waals surface area contributed by atoms with Crippen molar-refractivity contribution < 1.29 is 18.7 Å². The van der Waals surface area contributed by atoms with Crippen LogP contribution >= 0.6 is 11.8 Å². The molecule has 0 unspecified atom stereocenters. The molecule has 2 amide bonds. The van der Waals surface area contributed by atoms with Crippen LogP contribution in [0.5, 0.6) is 5.75 Å². The number of carbonyl (C=O) groups is 2. The third-order valence-electron chi connectivity index (χ3n) is 7.04. The van der Waals surface area contributed by atoms with Crippen LogP contribution < -0.4 is 15.0 Å². The van der Waals surface area contributed by atoms with E-state index in [1.54, 1.807) is 53.4 Å². The second-order valence-electron chi connectivity index (χ2n) is 9.96. The smallest absolute Gasteiger partial charge is 0.294 e. The van der Waals surface area contributed by atoms with Crippen molar-refractivity contribution in [2.24, 2.45) is 0 Å². The van der Waals surface area contributed by atoms with Gasteiger partial charge in [0.25, 0.3) is 11.8 Å². The van der Waals surface area contributed by atoms with Gasteiger partial charge in [-0.2, -0.15) is 11.8 Å². The number of nitrogens with zero attached hydrogens (tertiary/aromatic N) is 1. The van der Waals surface area contributed by atoms with Gasteiger partial charge < -0.3 is 10.1 Å². The number of nitrogens with one attached hydrogen (secondary N) is 1. The van der Waals surface area contributed by atoms with E-state index in [1.807, 2.05) is 30.0 Å². The van der Waals surface area contributed by atoms with Crippen molar-refractivity contribution in [2.45, 2.75) is 50.3 Å². The third kappa shape index (κ3) is 7.09. The van der Waals surface area contributed by atoms with Gasteiger partial charge in [-0.25, -0.2) is 4.39 Å². The Morgan fingerprint density at radius 1 is 1.03 bits per heavy atom. The number of anilines is 1. The first-order valence-electron chi connectivity index (χ1n) is 13.6. The van der Waals surface area contributed by atoms with Gasteiger partial charge in [0.15, 0.2) is 11.5 Å². The Kier molecular flexibility index (Phi) is 8.99. The molecule has 0 radical (unpaired) electrons. The highest BCUT2D eigenvalue weighted by Crippen LogP contribution is 2.36. The Morgan fingerprint density at radius 2 is 1.82 bits per heavy atom. The minimum atomic E-state index is -0.347. The summed E-state index contributed by atoms with van der Waals surface area (Å²) >= 11 is 2.04. The van der Waals surface area contributed by atoms with Crippen molar-refractivity contribution in [1.29, 1.82) is 0 Å². The summed E-state index contributed by atoms with van der Waals surface area (Å²) in [5.74, 6) is 1.03. The van der Waals surface area contributed by atoms with E-state index in [0.717, 1.165) is 23.0 Å². The lowest BCUT2D eigenvalue weighted by molar-refractivity contribution is -0.117. The summed E-state index contributed by atoms with van der Waals surface area (Å²) in [4.78, 5) is 27.6. The zero-order chi connectivity index (χ0) is 27.0. The number of fused-ring (bicyclic) bond motifs is 1. The van der Waals surface area contributed by atoms with Crippen LogP contribution in [-0.2, 0) is 11.3 Å². The minimum absolute atomic E-state index is 0.0999. The molecule has 202 valence electrons. The van der Waals surface area contributed by atoms with Gasteiger partial charge in [-0.1, -0.05) is 55.7 Å². The van der Waals surface area contributed by atoms with E-state index in [4.69, 9.17) is 4.74 Å². The first-order valence-corrected chi connectivity index (χ1v) is 14.7. The molecule has 0 bridgehead atoms. The number of carbonyl (C=O) groups excluding carboxylic acids is 2. The normalized spacial score (nSPS) is 16.6. The molecule has 1 aliphatic carbocycles. The zero-order valence-electron chi connectivity index (χ0n) is 21.9. The highest BCUT2D eigenvalue weighted by Gasteiger charge is 2.30. The fraction of sp³-hybridized carbons (Fsp3) is 0.312. The van der Waals surface area contributed by atoms with Gasteiger partial charge in [0.1, 0.15) is 5.82 Å². The highest BCUT2D eigenvalue weighted by molar-refractivity contribution is 7.99. The summed E-state index contributed by atoms with van der Waals surface area (Å²) < 4.78 is 19.7. The Balaban J connectivity index is 1.20. The van der Waals surface area contributed by atoms with E-state index in [-0.39, 0.29) is 29.9 Å². The first kappa shape index (κ1) is 27.0. The fourth-order valence-corrected chi connectivity index (χ4v) is 6.29. The maximum absolute atomic E-state index is 13.8. The molecule has 5 nitrogen and oxygen atoms in total. The lowest BCUT2D eigenvalue weighted by atomic mass is 10.0. The summed E-state index contributed by atoms with van der Waals surface area (Å²) in [5.41, 5.74) is 2.63. The summed E-state index contributed by atoms with van der Waals surface area (Å²) in [6.07, 6.45) is 9.35. The number of amides is 2.